The Balaban J connectivity index is 1.79. The van der Waals surface area contributed by atoms with E-state index in [1.54, 1.807) is 42.5 Å². The lowest BCUT2D eigenvalue weighted by molar-refractivity contribution is -0.122. The summed E-state index contributed by atoms with van der Waals surface area (Å²) in [6, 6.07) is 14.5. The predicted molar refractivity (Wildman–Crippen MR) is 126 cm³/mol. The number of rotatable bonds is 5. The molecule has 0 saturated carbocycles. The van der Waals surface area contributed by atoms with Gasteiger partial charge in [-0.3, -0.25) is 14.5 Å². The Kier molecular flexibility index (Phi) is 6.17. The minimum atomic E-state index is -1.24. The van der Waals surface area contributed by atoms with Crippen molar-refractivity contribution in [3.8, 4) is 11.5 Å². The first-order valence-corrected chi connectivity index (χ1v) is 10.7. The maximum absolute atomic E-state index is 14.2. The summed E-state index contributed by atoms with van der Waals surface area (Å²) in [5, 5.41) is 2.74. The van der Waals surface area contributed by atoms with Gasteiger partial charge in [-0.15, -0.1) is 0 Å². The quantitative estimate of drug-likeness (QED) is 0.369. The van der Waals surface area contributed by atoms with Gasteiger partial charge in [-0.1, -0.05) is 12.1 Å². The Bertz CT molecular complexity index is 1200. The molecule has 3 aromatic rings. The molecule has 9 heteroatoms. The van der Waals surface area contributed by atoms with Gasteiger partial charge in [-0.25, -0.2) is 4.39 Å². The molecule has 1 aliphatic heterocycles. The maximum Gasteiger partial charge on any atom is 0.261 e. The molecule has 1 heterocycles. The average Bonchev–Trinajstić information content (AvgIpc) is 2.77. The number of halogens is 2. The molecule has 4 rings (SSSR count). The Morgan fingerprint density at radius 2 is 2.00 bits per heavy atom. The fourth-order valence-corrected chi connectivity index (χ4v) is 3.98. The molecule has 164 valence electrons. The second kappa shape index (κ2) is 9.03. The number of hydrogen-bond acceptors (Lipinski definition) is 5. The zero-order valence-corrected chi connectivity index (χ0v) is 19.1. The monoisotopic (exact) mass is 547 g/mol. The van der Waals surface area contributed by atoms with E-state index in [0.29, 0.717) is 22.7 Å². The molecular formula is C23H19FIN3O4. The van der Waals surface area contributed by atoms with Crippen molar-refractivity contribution in [3.63, 3.8) is 0 Å². The molecular weight excluding hydrogens is 528 g/mol. The fraction of sp³-hybridized carbons (Fsp3) is 0.130. The summed E-state index contributed by atoms with van der Waals surface area (Å²) in [4.78, 5) is 28.1. The molecule has 0 aliphatic carbocycles. The third kappa shape index (κ3) is 4.20. The Hall–Kier alpha value is -3.34. The first-order chi connectivity index (χ1) is 15.4. The molecule has 0 bridgehead atoms. The number of nitrogen functional groups attached to an aromatic ring is 1. The lowest BCUT2D eigenvalue weighted by Gasteiger charge is -2.35. The molecule has 3 aromatic carbocycles. The van der Waals surface area contributed by atoms with E-state index in [2.05, 4.69) is 27.9 Å². The van der Waals surface area contributed by atoms with Crippen molar-refractivity contribution in [1.29, 1.82) is 0 Å². The number of hydrogen-bond donors (Lipinski definition) is 2. The third-order valence-corrected chi connectivity index (χ3v) is 5.73. The van der Waals surface area contributed by atoms with E-state index in [0.717, 1.165) is 3.57 Å². The Labute approximate surface area is 197 Å². The largest absolute Gasteiger partial charge is 0.496 e. The molecule has 0 radical (unpaired) electrons. The summed E-state index contributed by atoms with van der Waals surface area (Å²) in [6.07, 6.45) is 0. The van der Waals surface area contributed by atoms with Gasteiger partial charge in [0.1, 0.15) is 23.4 Å². The number of nitrogens with zero attached hydrogens (tertiary/aromatic N) is 1. The first kappa shape index (κ1) is 21.9. The van der Waals surface area contributed by atoms with Gasteiger partial charge < -0.3 is 20.5 Å². The van der Waals surface area contributed by atoms with Crippen LogP contribution in [0.4, 0.5) is 15.8 Å². The molecule has 32 heavy (non-hydrogen) atoms. The van der Waals surface area contributed by atoms with E-state index in [1.807, 2.05) is 0 Å². The molecule has 3 N–H and O–H groups in total. The van der Waals surface area contributed by atoms with E-state index in [-0.39, 0.29) is 18.0 Å². The number of carbonyl (C=O) groups is 2. The number of amides is 2. The lowest BCUT2D eigenvalue weighted by Crippen LogP contribution is -2.46. The number of carbonyl (C=O) groups excluding carboxylic acids is 2. The molecule has 1 atom stereocenters. The number of benzene rings is 3. The highest BCUT2D eigenvalue weighted by Gasteiger charge is 2.38. The van der Waals surface area contributed by atoms with E-state index < -0.39 is 23.7 Å². The van der Waals surface area contributed by atoms with Crippen LogP contribution in [-0.2, 0) is 4.79 Å². The SMILES string of the molecule is COc1ccc(F)cc1C(C(=O)Nc1ccccc1N)N1COc2cc(I)ccc2C1=O. The highest BCUT2D eigenvalue weighted by Crippen LogP contribution is 2.36. The summed E-state index contributed by atoms with van der Waals surface area (Å²) in [7, 11) is 1.41. The topological polar surface area (TPSA) is 93.9 Å². The highest BCUT2D eigenvalue weighted by molar-refractivity contribution is 14.1. The molecule has 1 unspecified atom stereocenters. The highest BCUT2D eigenvalue weighted by atomic mass is 127. The average molecular weight is 547 g/mol. The van der Waals surface area contributed by atoms with Gasteiger partial charge in [0.05, 0.1) is 24.0 Å². The van der Waals surface area contributed by atoms with Crippen molar-refractivity contribution in [2.45, 2.75) is 6.04 Å². The van der Waals surface area contributed by atoms with Gasteiger partial charge in [0, 0.05) is 9.13 Å². The molecule has 0 spiro atoms. The van der Waals surface area contributed by atoms with E-state index in [1.165, 1.54) is 30.2 Å². The van der Waals surface area contributed by atoms with Crippen LogP contribution in [0, 0.1) is 9.39 Å². The Morgan fingerprint density at radius 1 is 1.22 bits per heavy atom. The standard InChI is InChI=1S/C23H19FIN3O4/c1-31-19-9-6-13(24)10-16(19)21(22(29)27-18-5-3-2-4-17(18)26)28-12-32-20-11-14(25)7-8-15(20)23(28)30/h2-11,21H,12,26H2,1H3,(H,27,29). The number of nitrogens with two attached hydrogens (primary N) is 1. The maximum atomic E-state index is 14.2. The van der Waals surface area contributed by atoms with Gasteiger partial charge in [0.2, 0.25) is 0 Å². The van der Waals surface area contributed by atoms with Crippen molar-refractivity contribution < 1.29 is 23.5 Å². The molecule has 7 nitrogen and oxygen atoms in total. The van der Waals surface area contributed by atoms with Crippen LogP contribution in [0.3, 0.4) is 0 Å². The molecule has 0 aromatic heterocycles. The van der Waals surface area contributed by atoms with Crippen LogP contribution in [0.25, 0.3) is 0 Å². The van der Waals surface area contributed by atoms with E-state index in [4.69, 9.17) is 15.2 Å². The minimum Gasteiger partial charge on any atom is -0.496 e. The lowest BCUT2D eigenvalue weighted by atomic mass is 10.0. The van der Waals surface area contributed by atoms with Crippen LogP contribution < -0.4 is 20.5 Å². The number of ether oxygens (including phenoxy) is 2. The van der Waals surface area contributed by atoms with Crippen molar-refractivity contribution >= 4 is 45.8 Å². The first-order valence-electron chi connectivity index (χ1n) is 9.61. The zero-order chi connectivity index (χ0) is 22.8. The van der Waals surface area contributed by atoms with Crippen molar-refractivity contribution in [3.05, 3.63) is 81.2 Å². The number of para-hydroxylation sites is 2. The molecule has 0 saturated heterocycles. The van der Waals surface area contributed by atoms with Crippen LogP contribution in [0.15, 0.2) is 60.7 Å². The van der Waals surface area contributed by atoms with Gasteiger partial charge in [0.25, 0.3) is 11.8 Å². The summed E-state index contributed by atoms with van der Waals surface area (Å²) in [5.74, 6) is -0.893. The molecule has 0 fully saturated rings. The normalized spacial score (nSPS) is 13.7. The van der Waals surface area contributed by atoms with E-state index >= 15 is 0 Å². The zero-order valence-electron chi connectivity index (χ0n) is 17.0. The summed E-state index contributed by atoms with van der Waals surface area (Å²) in [6.45, 7) is -0.200. The van der Waals surface area contributed by atoms with Crippen LogP contribution in [0.2, 0.25) is 0 Å². The third-order valence-electron chi connectivity index (χ3n) is 5.06. The number of fused-ring (bicyclic) bond motifs is 1. The smallest absolute Gasteiger partial charge is 0.261 e. The van der Waals surface area contributed by atoms with Crippen molar-refractivity contribution in [2.24, 2.45) is 0 Å². The number of nitrogens with one attached hydrogen (secondary N) is 1. The summed E-state index contributed by atoms with van der Waals surface area (Å²) in [5.41, 5.74) is 7.19. The second-order valence-corrected chi connectivity index (χ2v) is 8.30. The van der Waals surface area contributed by atoms with Crippen molar-refractivity contribution in [2.75, 3.05) is 24.9 Å². The second-order valence-electron chi connectivity index (χ2n) is 7.05. The number of anilines is 2. The Morgan fingerprint density at radius 3 is 2.75 bits per heavy atom. The van der Waals surface area contributed by atoms with Gasteiger partial charge in [0.15, 0.2) is 6.73 Å². The van der Waals surface area contributed by atoms with Crippen LogP contribution >= 0.6 is 22.6 Å². The molecule has 1 aliphatic rings. The summed E-state index contributed by atoms with van der Waals surface area (Å²) < 4.78 is 26.3. The van der Waals surface area contributed by atoms with Gasteiger partial charge >= 0.3 is 0 Å². The van der Waals surface area contributed by atoms with Crippen LogP contribution in [-0.4, -0.2) is 30.6 Å². The van der Waals surface area contributed by atoms with Crippen LogP contribution in [0.5, 0.6) is 11.5 Å². The van der Waals surface area contributed by atoms with Crippen LogP contribution in [0.1, 0.15) is 22.0 Å². The molecule has 2 amide bonds. The van der Waals surface area contributed by atoms with Crippen molar-refractivity contribution in [1.82, 2.24) is 4.90 Å². The number of methoxy groups -OCH3 is 1. The summed E-state index contributed by atoms with van der Waals surface area (Å²) >= 11 is 2.12. The fourth-order valence-electron chi connectivity index (χ4n) is 3.52. The van der Waals surface area contributed by atoms with Gasteiger partial charge in [-0.05, 0) is 71.1 Å². The predicted octanol–water partition coefficient (Wildman–Crippen LogP) is 4.19. The van der Waals surface area contributed by atoms with Gasteiger partial charge in [-0.2, -0.15) is 0 Å². The van der Waals surface area contributed by atoms with E-state index in [9.17, 15) is 14.0 Å². The minimum absolute atomic E-state index is 0.186.